The number of hydrogen-bond acceptors (Lipinski definition) is 3. The lowest BCUT2D eigenvalue weighted by atomic mass is 10.2. The standard InChI is InChI=1S/C16H17ClN2O/c1-20-15-7-3-5-13(17)12(15)10-18-16-9-8-11-4-2-6-14(11)19-16/h3,5,7-9H,2,4,6,10H2,1H3,(H,18,19). The van der Waals surface area contributed by atoms with E-state index in [1.807, 2.05) is 24.3 Å². The number of pyridine rings is 1. The van der Waals surface area contributed by atoms with Gasteiger partial charge >= 0.3 is 0 Å². The van der Waals surface area contributed by atoms with Crippen molar-refractivity contribution < 1.29 is 4.74 Å². The van der Waals surface area contributed by atoms with Crippen LogP contribution in [0.4, 0.5) is 5.82 Å². The highest BCUT2D eigenvalue weighted by atomic mass is 35.5. The molecule has 0 amide bonds. The zero-order valence-electron chi connectivity index (χ0n) is 11.4. The quantitative estimate of drug-likeness (QED) is 0.928. The van der Waals surface area contributed by atoms with Gasteiger partial charge in [0.05, 0.1) is 7.11 Å². The van der Waals surface area contributed by atoms with Crippen molar-refractivity contribution in [2.45, 2.75) is 25.8 Å². The molecule has 0 bridgehead atoms. The summed E-state index contributed by atoms with van der Waals surface area (Å²) in [7, 11) is 1.66. The first-order valence-electron chi connectivity index (χ1n) is 6.82. The summed E-state index contributed by atoms with van der Waals surface area (Å²) in [5.74, 6) is 1.69. The summed E-state index contributed by atoms with van der Waals surface area (Å²) in [5, 5.41) is 4.04. The summed E-state index contributed by atoms with van der Waals surface area (Å²) in [4.78, 5) is 4.66. The first-order chi connectivity index (χ1) is 9.78. The highest BCUT2D eigenvalue weighted by Crippen LogP contribution is 2.27. The number of fused-ring (bicyclic) bond motifs is 1. The van der Waals surface area contributed by atoms with Gasteiger partial charge < -0.3 is 10.1 Å². The summed E-state index contributed by atoms with van der Waals surface area (Å²) >= 11 is 6.23. The molecule has 4 heteroatoms. The first-order valence-corrected chi connectivity index (χ1v) is 7.20. The smallest absolute Gasteiger partial charge is 0.126 e. The number of nitrogens with one attached hydrogen (secondary N) is 1. The third kappa shape index (κ3) is 2.59. The molecular formula is C16H17ClN2O. The van der Waals surface area contributed by atoms with Gasteiger partial charge in [-0.05, 0) is 43.0 Å². The second-order valence-electron chi connectivity index (χ2n) is 4.93. The van der Waals surface area contributed by atoms with Gasteiger partial charge in [0, 0.05) is 22.8 Å². The van der Waals surface area contributed by atoms with E-state index < -0.39 is 0 Å². The molecule has 104 valence electrons. The van der Waals surface area contributed by atoms with E-state index in [-0.39, 0.29) is 0 Å². The number of rotatable bonds is 4. The monoisotopic (exact) mass is 288 g/mol. The highest BCUT2D eigenvalue weighted by Gasteiger charge is 2.13. The Morgan fingerprint density at radius 2 is 2.15 bits per heavy atom. The Morgan fingerprint density at radius 1 is 1.25 bits per heavy atom. The highest BCUT2D eigenvalue weighted by molar-refractivity contribution is 6.31. The number of aromatic nitrogens is 1. The summed E-state index contributed by atoms with van der Waals surface area (Å²) in [5.41, 5.74) is 3.56. The third-order valence-electron chi connectivity index (χ3n) is 3.67. The Morgan fingerprint density at radius 3 is 3.00 bits per heavy atom. The lowest BCUT2D eigenvalue weighted by Gasteiger charge is -2.12. The minimum Gasteiger partial charge on any atom is -0.496 e. The van der Waals surface area contributed by atoms with Crippen molar-refractivity contribution in [1.29, 1.82) is 0 Å². The Hall–Kier alpha value is -1.74. The summed E-state index contributed by atoms with van der Waals surface area (Å²) < 4.78 is 5.34. The first kappa shape index (κ1) is 13.3. The van der Waals surface area contributed by atoms with Gasteiger partial charge in [-0.1, -0.05) is 23.7 Å². The molecule has 0 atom stereocenters. The molecule has 0 spiro atoms. The van der Waals surface area contributed by atoms with Crippen LogP contribution in [0.5, 0.6) is 5.75 Å². The SMILES string of the molecule is COc1cccc(Cl)c1CNc1ccc2c(n1)CCC2. The van der Waals surface area contributed by atoms with E-state index in [1.54, 1.807) is 7.11 Å². The van der Waals surface area contributed by atoms with Gasteiger partial charge in [0.15, 0.2) is 0 Å². The van der Waals surface area contributed by atoms with Crippen molar-refractivity contribution in [3.05, 3.63) is 52.2 Å². The normalized spacial score (nSPS) is 13.1. The fraction of sp³-hybridized carbons (Fsp3) is 0.312. The van der Waals surface area contributed by atoms with Crippen LogP contribution >= 0.6 is 11.6 Å². The average Bonchev–Trinajstić information content (AvgIpc) is 2.93. The van der Waals surface area contributed by atoms with Crippen LogP contribution in [-0.2, 0) is 19.4 Å². The fourth-order valence-electron chi connectivity index (χ4n) is 2.60. The van der Waals surface area contributed by atoms with E-state index >= 15 is 0 Å². The largest absolute Gasteiger partial charge is 0.496 e. The molecular weight excluding hydrogens is 272 g/mol. The van der Waals surface area contributed by atoms with Gasteiger partial charge in [0.25, 0.3) is 0 Å². The van der Waals surface area contributed by atoms with Gasteiger partial charge in [0.2, 0.25) is 0 Å². The molecule has 1 aliphatic carbocycles. The zero-order valence-corrected chi connectivity index (χ0v) is 12.2. The van der Waals surface area contributed by atoms with Gasteiger partial charge in [-0.2, -0.15) is 0 Å². The van der Waals surface area contributed by atoms with E-state index in [9.17, 15) is 0 Å². The molecule has 1 heterocycles. The minimum atomic E-state index is 0.606. The summed E-state index contributed by atoms with van der Waals surface area (Å²) in [6, 6.07) is 9.88. The Bertz CT molecular complexity index is 628. The lowest BCUT2D eigenvalue weighted by molar-refractivity contribution is 0.410. The number of anilines is 1. The van der Waals surface area contributed by atoms with E-state index in [1.165, 1.54) is 17.7 Å². The average molecular weight is 289 g/mol. The molecule has 0 aliphatic heterocycles. The van der Waals surface area contributed by atoms with Crippen LogP contribution < -0.4 is 10.1 Å². The van der Waals surface area contributed by atoms with Crippen molar-refractivity contribution in [2.24, 2.45) is 0 Å². The van der Waals surface area contributed by atoms with E-state index in [2.05, 4.69) is 16.4 Å². The van der Waals surface area contributed by atoms with E-state index in [0.717, 1.165) is 30.0 Å². The Kier molecular flexibility index (Phi) is 3.79. The van der Waals surface area contributed by atoms with Crippen molar-refractivity contribution >= 4 is 17.4 Å². The minimum absolute atomic E-state index is 0.606. The predicted octanol–water partition coefficient (Wildman–Crippen LogP) is 3.84. The van der Waals surface area contributed by atoms with Gasteiger partial charge in [-0.3, -0.25) is 0 Å². The van der Waals surface area contributed by atoms with E-state index in [4.69, 9.17) is 16.3 Å². The number of hydrogen-bond donors (Lipinski definition) is 1. The van der Waals surface area contributed by atoms with E-state index in [0.29, 0.717) is 11.6 Å². The molecule has 2 aromatic rings. The van der Waals surface area contributed by atoms with Crippen LogP contribution in [0.25, 0.3) is 0 Å². The lowest BCUT2D eigenvalue weighted by Crippen LogP contribution is -2.05. The molecule has 1 aromatic heterocycles. The van der Waals surface area contributed by atoms with Crippen molar-refractivity contribution in [3.63, 3.8) is 0 Å². The molecule has 0 unspecified atom stereocenters. The van der Waals surface area contributed by atoms with Crippen LogP contribution in [0, 0.1) is 0 Å². The van der Waals surface area contributed by atoms with Crippen LogP contribution in [0.15, 0.2) is 30.3 Å². The second kappa shape index (κ2) is 5.71. The van der Waals surface area contributed by atoms with Crippen LogP contribution in [-0.4, -0.2) is 12.1 Å². The molecule has 0 saturated heterocycles. The maximum Gasteiger partial charge on any atom is 0.126 e. The maximum atomic E-state index is 6.23. The van der Waals surface area contributed by atoms with Crippen LogP contribution in [0.3, 0.4) is 0 Å². The van der Waals surface area contributed by atoms with Crippen molar-refractivity contribution in [2.75, 3.05) is 12.4 Å². The second-order valence-corrected chi connectivity index (χ2v) is 5.34. The number of nitrogens with zero attached hydrogens (tertiary/aromatic N) is 1. The molecule has 3 rings (SSSR count). The topological polar surface area (TPSA) is 34.1 Å². The Balaban J connectivity index is 1.77. The molecule has 1 aromatic carbocycles. The summed E-state index contributed by atoms with van der Waals surface area (Å²) in [6.07, 6.45) is 3.45. The van der Waals surface area contributed by atoms with Crippen LogP contribution in [0.2, 0.25) is 5.02 Å². The molecule has 1 N–H and O–H groups in total. The number of benzene rings is 1. The number of aryl methyl sites for hydroxylation is 2. The molecule has 20 heavy (non-hydrogen) atoms. The third-order valence-corrected chi connectivity index (χ3v) is 4.02. The zero-order chi connectivity index (χ0) is 13.9. The van der Waals surface area contributed by atoms with Gasteiger partial charge in [0.1, 0.15) is 11.6 Å². The Labute approximate surface area is 123 Å². The predicted molar refractivity (Wildman–Crippen MR) is 81.6 cm³/mol. The van der Waals surface area contributed by atoms with Gasteiger partial charge in [-0.15, -0.1) is 0 Å². The molecule has 0 fully saturated rings. The fourth-order valence-corrected chi connectivity index (χ4v) is 2.83. The van der Waals surface area contributed by atoms with Gasteiger partial charge in [-0.25, -0.2) is 4.98 Å². The number of methoxy groups -OCH3 is 1. The van der Waals surface area contributed by atoms with Crippen LogP contribution in [0.1, 0.15) is 23.2 Å². The molecule has 1 aliphatic rings. The molecule has 0 radical (unpaired) electrons. The maximum absolute atomic E-state index is 6.23. The number of halogens is 1. The van der Waals surface area contributed by atoms with Crippen molar-refractivity contribution in [3.8, 4) is 5.75 Å². The van der Waals surface area contributed by atoms with Crippen molar-refractivity contribution in [1.82, 2.24) is 4.98 Å². The molecule has 0 saturated carbocycles. The molecule has 3 nitrogen and oxygen atoms in total. The summed E-state index contributed by atoms with van der Waals surface area (Å²) in [6.45, 7) is 0.606. The number of ether oxygens (including phenoxy) is 1.